The molecule has 82 valence electrons. The quantitative estimate of drug-likeness (QED) is 0.702. The summed E-state index contributed by atoms with van der Waals surface area (Å²) in [6, 6.07) is 0. The van der Waals surface area contributed by atoms with E-state index < -0.39 is 9.05 Å². The molecule has 2 atom stereocenters. The molecule has 0 aromatic heterocycles. The van der Waals surface area contributed by atoms with Gasteiger partial charge in [-0.25, -0.2) is 8.42 Å². The molecule has 0 aromatic carbocycles. The standard InChI is InChI=1S/C8H13ClO3S2/c9-14(10,11)5-7-8(1-3-12-7)2-4-13-6-8/h7H,1-6H2. The molecule has 2 unspecified atom stereocenters. The zero-order chi connectivity index (χ0) is 10.2. The maximum Gasteiger partial charge on any atom is 0.235 e. The lowest BCUT2D eigenvalue weighted by Gasteiger charge is -2.27. The molecule has 0 aromatic rings. The van der Waals surface area contributed by atoms with Gasteiger partial charge in [0.1, 0.15) is 0 Å². The van der Waals surface area contributed by atoms with Gasteiger partial charge >= 0.3 is 0 Å². The van der Waals surface area contributed by atoms with Gasteiger partial charge in [0.2, 0.25) is 9.05 Å². The molecule has 6 heteroatoms. The fraction of sp³-hybridized carbons (Fsp3) is 1.00. The van der Waals surface area contributed by atoms with Gasteiger partial charge in [-0.05, 0) is 18.6 Å². The van der Waals surface area contributed by atoms with Gasteiger partial charge in [-0.2, -0.15) is 11.8 Å². The average molecular weight is 257 g/mol. The van der Waals surface area contributed by atoms with Crippen molar-refractivity contribution >= 4 is 31.5 Å². The van der Waals surface area contributed by atoms with Crippen molar-refractivity contribution in [2.45, 2.75) is 18.9 Å². The highest BCUT2D eigenvalue weighted by Crippen LogP contribution is 2.47. The first-order chi connectivity index (χ1) is 6.52. The summed E-state index contributed by atoms with van der Waals surface area (Å²) in [7, 11) is 1.83. The van der Waals surface area contributed by atoms with Crippen LogP contribution < -0.4 is 0 Å². The Morgan fingerprint density at radius 3 is 2.86 bits per heavy atom. The van der Waals surface area contributed by atoms with E-state index in [2.05, 4.69) is 0 Å². The van der Waals surface area contributed by atoms with Gasteiger partial charge in [-0.3, -0.25) is 0 Å². The molecule has 0 radical (unpaired) electrons. The van der Waals surface area contributed by atoms with Gasteiger partial charge in [0, 0.05) is 28.5 Å². The van der Waals surface area contributed by atoms with Crippen LogP contribution in [0.15, 0.2) is 0 Å². The SMILES string of the molecule is O=S(=O)(Cl)CC1OCCC12CCSC2. The van der Waals surface area contributed by atoms with Gasteiger partial charge in [-0.15, -0.1) is 0 Å². The molecule has 0 saturated carbocycles. The minimum absolute atomic E-state index is 0.0326. The van der Waals surface area contributed by atoms with Crippen LogP contribution in [0.4, 0.5) is 0 Å². The normalized spacial score (nSPS) is 38.2. The van der Waals surface area contributed by atoms with Crippen LogP contribution in [-0.2, 0) is 13.8 Å². The molecule has 2 aliphatic rings. The molecule has 0 amide bonds. The number of hydrogen-bond acceptors (Lipinski definition) is 4. The van der Waals surface area contributed by atoms with Crippen molar-refractivity contribution in [1.29, 1.82) is 0 Å². The summed E-state index contributed by atoms with van der Waals surface area (Å²) in [6.45, 7) is 0.678. The van der Waals surface area contributed by atoms with Crippen LogP contribution in [-0.4, -0.2) is 38.4 Å². The third kappa shape index (κ3) is 2.21. The maximum atomic E-state index is 11.0. The van der Waals surface area contributed by atoms with E-state index in [9.17, 15) is 8.42 Å². The zero-order valence-corrected chi connectivity index (χ0v) is 10.1. The summed E-state index contributed by atoms with van der Waals surface area (Å²) in [5.41, 5.74) is 0.0899. The first-order valence-corrected chi connectivity index (χ1v) is 8.27. The lowest BCUT2D eigenvalue weighted by Crippen LogP contribution is -2.35. The van der Waals surface area contributed by atoms with E-state index in [1.165, 1.54) is 0 Å². The summed E-state index contributed by atoms with van der Waals surface area (Å²) >= 11 is 1.88. The Labute approximate surface area is 93.0 Å². The Hall–Kier alpha value is 0.550. The number of ether oxygens (including phenoxy) is 1. The molecule has 14 heavy (non-hydrogen) atoms. The molecule has 3 nitrogen and oxygen atoms in total. The summed E-state index contributed by atoms with van der Waals surface area (Å²) in [5, 5.41) is 0. The van der Waals surface area contributed by atoms with Crippen LogP contribution in [0.25, 0.3) is 0 Å². The van der Waals surface area contributed by atoms with Gasteiger partial charge in [0.05, 0.1) is 11.9 Å². The second kappa shape index (κ2) is 3.85. The molecule has 0 aliphatic carbocycles. The number of halogens is 1. The first-order valence-electron chi connectivity index (χ1n) is 4.64. The van der Waals surface area contributed by atoms with Crippen LogP contribution in [0, 0.1) is 5.41 Å². The van der Waals surface area contributed by atoms with Crippen molar-refractivity contribution in [1.82, 2.24) is 0 Å². The Kier molecular flexibility index (Phi) is 3.04. The van der Waals surface area contributed by atoms with Crippen LogP contribution in [0.3, 0.4) is 0 Å². The molecule has 2 fully saturated rings. The van der Waals surface area contributed by atoms with Crippen molar-refractivity contribution in [2.75, 3.05) is 23.9 Å². The van der Waals surface area contributed by atoms with Crippen molar-refractivity contribution < 1.29 is 13.2 Å². The monoisotopic (exact) mass is 256 g/mol. The average Bonchev–Trinajstić information content (AvgIpc) is 2.62. The van der Waals surface area contributed by atoms with E-state index in [0.29, 0.717) is 6.61 Å². The Balaban J connectivity index is 2.11. The number of rotatable bonds is 2. The second-order valence-corrected chi connectivity index (χ2v) is 7.91. The highest BCUT2D eigenvalue weighted by atomic mass is 35.7. The summed E-state index contributed by atoms with van der Waals surface area (Å²) < 4.78 is 27.5. The number of hydrogen-bond donors (Lipinski definition) is 0. The van der Waals surface area contributed by atoms with E-state index in [1.54, 1.807) is 0 Å². The first kappa shape index (κ1) is 11.0. The fourth-order valence-electron chi connectivity index (χ4n) is 2.22. The van der Waals surface area contributed by atoms with Gasteiger partial charge in [0.25, 0.3) is 0 Å². The zero-order valence-electron chi connectivity index (χ0n) is 7.74. The molecule has 0 N–H and O–H groups in total. The third-order valence-electron chi connectivity index (χ3n) is 3.09. The molecule has 1 spiro atoms. The Bertz CT molecular complexity index is 303. The topological polar surface area (TPSA) is 43.4 Å². The van der Waals surface area contributed by atoms with Crippen LogP contribution >= 0.6 is 22.4 Å². The van der Waals surface area contributed by atoms with E-state index in [1.807, 2.05) is 11.8 Å². The van der Waals surface area contributed by atoms with E-state index >= 15 is 0 Å². The van der Waals surface area contributed by atoms with Crippen molar-refractivity contribution in [3.05, 3.63) is 0 Å². The third-order valence-corrected chi connectivity index (χ3v) is 5.44. The molecule has 2 aliphatic heterocycles. The van der Waals surface area contributed by atoms with Crippen LogP contribution in [0.5, 0.6) is 0 Å². The van der Waals surface area contributed by atoms with E-state index in [-0.39, 0.29) is 17.3 Å². The summed E-state index contributed by atoms with van der Waals surface area (Å²) in [6.07, 6.45) is 1.87. The largest absolute Gasteiger partial charge is 0.376 e. The number of thioether (sulfide) groups is 1. The van der Waals surface area contributed by atoms with Crippen molar-refractivity contribution in [2.24, 2.45) is 5.41 Å². The second-order valence-electron chi connectivity index (χ2n) is 3.98. The van der Waals surface area contributed by atoms with Gasteiger partial charge in [-0.1, -0.05) is 0 Å². The highest BCUT2D eigenvalue weighted by molar-refractivity contribution is 8.13. The molecule has 2 saturated heterocycles. The fourth-order valence-corrected chi connectivity index (χ4v) is 4.95. The minimum atomic E-state index is -3.43. The van der Waals surface area contributed by atoms with E-state index in [0.717, 1.165) is 24.3 Å². The van der Waals surface area contributed by atoms with Gasteiger partial charge in [0.15, 0.2) is 0 Å². The molecular formula is C8H13ClO3S2. The maximum absolute atomic E-state index is 11.0. The van der Waals surface area contributed by atoms with Crippen LogP contribution in [0.2, 0.25) is 0 Å². The highest BCUT2D eigenvalue weighted by Gasteiger charge is 2.47. The molecule has 2 heterocycles. The lowest BCUT2D eigenvalue weighted by molar-refractivity contribution is 0.0779. The Morgan fingerprint density at radius 1 is 1.50 bits per heavy atom. The van der Waals surface area contributed by atoms with E-state index in [4.69, 9.17) is 15.4 Å². The molecular weight excluding hydrogens is 244 g/mol. The lowest BCUT2D eigenvalue weighted by atomic mass is 9.81. The Morgan fingerprint density at radius 2 is 2.29 bits per heavy atom. The van der Waals surface area contributed by atoms with Crippen LogP contribution in [0.1, 0.15) is 12.8 Å². The molecule has 0 bridgehead atoms. The summed E-state index contributed by atoms with van der Waals surface area (Å²) in [4.78, 5) is 0. The minimum Gasteiger partial charge on any atom is -0.376 e. The van der Waals surface area contributed by atoms with Gasteiger partial charge < -0.3 is 4.74 Å². The van der Waals surface area contributed by atoms with Crippen molar-refractivity contribution in [3.8, 4) is 0 Å². The van der Waals surface area contributed by atoms with Crippen molar-refractivity contribution in [3.63, 3.8) is 0 Å². The predicted octanol–water partition coefficient (Wildman–Crippen LogP) is 1.47. The summed E-state index contributed by atoms with van der Waals surface area (Å²) in [5.74, 6) is 2.10. The smallest absolute Gasteiger partial charge is 0.235 e. The predicted molar refractivity (Wildman–Crippen MR) is 58.4 cm³/mol. The molecule has 2 rings (SSSR count).